The second-order valence-corrected chi connectivity index (χ2v) is 10.3. The molecule has 168 valence electrons. The van der Waals surface area contributed by atoms with Gasteiger partial charge in [-0.15, -0.1) is 5.10 Å². The number of nitrogens with one attached hydrogen (secondary N) is 1. The Morgan fingerprint density at radius 3 is 2.00 bits per heavy atom. The number of amides is 2. The molecule has 3 fully saturated rings. The molecule has 7 heteroatoms. The van der Waals surface area contributed by atoms with Gasteiger partial charge in [-0.3, -0.25) is 14.7 Å². The number of hydrogen-bond donors (Lipinski definition) is 1. The summed E-state index contributed by atoms with van der Waals surface area (Å²) in [5.41, 5.74) is 5.86. The Balaban J connectivity index is 1.03. The number of carbonyl (C=O) groups is 2. The van der Waals surface area contributed by atoms with Crippen LogP contribution in [0, 0.1) is 23.7 Å². The number of aryl methyl sites for hydroxylation is 2. The second kappa shape index (κ2) is 7.14. The normalized spacial score (nSPS) is 27.8. The predicted molar refractivity (Wildman–Crippen MR) is 123 cm³/mol. The van der Waals surface area contributed by atoms with Crippen LogP contribution in [0.5, 0.6) is 0 Å². The Hall–Kier alpha value is -3.22. The van der Waals surface area contributed by atoms with Crippen molar-refractivity contribution >= 4 is 22.8 Å². The van der Waals surface area contributed by atoms with Crippen molar-refractivity contribution < 1.29 is 9.59 Å². The number of aromatic amines is 1. The molecule has 3 aromatic rings. The first kappa shape index (κ1) is 19.3. The monoisotopic (exact) mass is 441 g/mol. The van der Waals surface area contributed by atoms with E-state index in [9.17, 15) is 9.59 Å². The van der Waals surface area contributed by atoms with Crippen LogP contribution in [0.1, 0.15) is 44.7 Å². The quantitative estimate of drug-likeness (QED) is 0.663. The summed E-state index contributed by atoms with van der Waals surface area (Å²) in [6, 6.07) is 11.9. The summed E-state index contributed by atoms with van der Waals surface area (Å²) in [6.07, 6.45) is 4.72. The summed E-state index contributed by atoms with van der Waals surface area (Å²) in [5, 5.41) is 10.7. The molecular weight excluding hydrogens is 414 g/mol. The largest absolute Gasteiger partial charge is 0.338 e. The van der Waals surface area contributed by atoms with Crippen molar-refractivity contribution in [3.8, 4) is 0 Å². The highest BCUT2D eigenvalue weighted by Crippen LogP contribution is 2.54. The van der Waals surface area contributed by atoms with E-state index in [1.807, 2.05) is 29.2 Å². The SMILES string of the molecule is O=C(c1ccc2c(c1)CCCC2)N1CC2C(C1)[C@@H]1CN(C(=O)c3ccc4[nH]nnc4c3)C[C@H]21. The fraction of sp³-hybridized carbons (Fsp3) is 0.462. The van der Waals surface area contributed by atoms with E-state index in [2.05, 4.69) is 32.4 Å². The highest BCUT2D eigenvalue weighted by Gasteiger charge is 2.59. The Morgan fingerprint density at radius 2 is 1.33 bits per heavy atom. The van der Waals surface area contributed by atoms with Crippen molar-refractivity contribution in [3.63, 3.8) is 0 Å². The first-order chi connectivity index (χ1) is 16.2. The predicted octanol–water partition coefficient (Wildman–Crippen LogP) is 2.93. The molecule has 2 saturated heterocycles. The van der Waals surface area contributed by atoms with Crippen LogP contribution >= 0.6 is 0 Å². The number of fused-ring (bicyclic) bond motifs is 6. The third-order valence-electron chi connectivity index (χ3n) is 8.67. The molecule has 1 N–H and O–H groups in total. The molecule has 1 aromatic heterocycles. The minimum atomic E-state index is 0.0781. The maximum Gasteiger partial charge on any atom is 0.253 e. The van der Waals surface area contributed by atoms with Gasteiger partial charge >= 0.3 is 0 Å². The van der Waals surface area contributed by atoms with E-state index in [4.69, 9.17) is 0 Å². The molecule has 2 amide bonds. The first-order valence-electron chi connectivity index (χ1n) is 12.2. The van der Waals surface area contributed by atoms with Crippen LogP contribution in [0.15, 0.2) is 36.4 Å². The number of H-pyrrole nitrogens is 1. The fourth-order valence-corrected chi connectivity index (χ4v) is 6.91. The molecule has 2 aliphatic heterocycles. The van der Waals surface area contributed by atoms with Crippen molar-refractivity contribution in [1.29, 1.82) is 0 Å². The Labute approximate surface area is 192 Å². The zero-order valence-corrected chi connectivity index (χ0v) is 18.5. The molecule has 3 heterocycles. The number of rotatable bonds is 2. The van der Waals surface area contributed by atoms with E-state index in [-0.39, 0.29) is 11.8 Å². The van der Waals surface area contributed by atoms with E-state index >= 15 is 0 Å². The lowest BCUT2D eigenvalue weighted by atomic mass is 9.60. The number of hydrogen-bond acceptors (Lipinski definition) is 4. The maximum atomic E-state index is 13.3. The molecule has 2 aliphatic carbocycles. The van der Waals surface area contributed by atoms with Gasteiger partial charge in [0.2, 0.25) is 0 Å². The number of nitrogens with zero attached hydrogens (tertiary/aromatic N) is 4. The average molecular weight is 442 g/mol. The van der Waals surface area contributed by atoms with Gasteiger partial charge in [0.05, 0.1) is 5.52 Å². The molecule has 7 rings (SSSR count). The van der Waals surface area contributed by atoms with Crippen molar-refractivity contribution in [2.24, 2.45) is 23.7 Å². The van der Waals surface area contributed by atoms with Crippen molar-refractivity contribution in [2.75, 3.05) is 26.2 Å². The molecule has 4 atom stereocenters. The molecule has 33 heavy (non-hydrogen) atoms. The second-order valence-electron chi connectivity index (χ2n) is 10.3. The van der Waals surface area contributed by atoms with Crippen LogP contribution in [0.3, 0.4) is 0 Å². The van der Waals surface area contributed by atoms with Gasteiger partial charge in [-0.05, 0) is 90.8 Å². The lowest BCUT2D eigenvalue weighted by molar-refractivity contribution is 0.0629. The third kappa shape index (κ3) is 2.94. The zero-order chi connectivity index (χ0) is 22.1. The summed E-state index contributed by atoms with van der Waals surface area (Å²) >= 11 is 0. The van der Waals surface area contributed by atoms with Gasteiger partial charge in [-0.25, -0.2) is 0 Å². The molecule has 4 aliphatic rings. The third-order valence-corrected chi connectivity index (χ3v) is 8.67. The average Bonchev–Trinajstić information content (AvgIpc) is 3.56. The highest BCUT2D eigenvalue weighted by atomic mass is 16.2. The minimum Gasteiger partial charge on any atom is -0.338 e. The van der Waals surface area contributed by atoms with Crippen LogP contribution in [0.2, 0.25) is 0 Å². The summed E-state index contributed by atoms with van der Waals surface area (Å²) in [6.45, 7) is 3.24. The van der Waals surface area contributed by atoms with Crippen LogP contribution in [-0.4, -0.2) is 63.2 Å². The summed E-state index contributed by atoms with van der Waals surface area (Å²) in [7, 11) is 0. The molecule has 0 radical (unpaired) electrons. The zero-order valence-electron chi connectivity index (χ0n) is 18.5. The van der Waals surface area contributed by atoms with Gasteiger partial charge in [0.15, 0.2) is 0 Å². The van der Waals surface area contributed by atoms with Gasteiger partial charge in [0.25, 0.3) is 11.8 Å². The van der Waals surface area contributed by atoms with Crippen LogP contribution in [0.25, 0.3) is 11.0 Å². The van der Waals surface area contributed by atoms with Crippen molar-refractivity contribution in [1.82, 2.24) is 25.2 Å². The minimum absolute atomic E-state index is 0.0781. The molecule has 1 saturated carbocycles. The van der Waals surface area contributed by atoms with E-state index in [1.54, 1.807) is 0 Å². The number of likely N-dealkylation sites (tertiary alicyclic amines) is 2. The molecule has 7 nitrogen and oxygen atoms in total. The number of carbonyl (C=O) groups excluding carboxylic acids is 2. The number of benzene rings is 2. The lowest BCUT2D eigenvalue weighted by Crippen LogP contribution is -2.44. The smallest absolute Gasteiger partial charge is 0.253 e. The lowest BCUT2D eigenvalue weighted by Gasteiger charge is -2.42. The standard InChI is InChI=1S/C26H27N5O2/c32-25(17-6-5-15-3-1-2-4-16(15)9-17)30-11-19-20(12-30)22-14-31(13-21(19)22)26(33)18-7-8-23-24(10-18)28-29-27-23/h5-10,19-22H,1-4,11-14H2,(H,27,28,29)/t19?,20?,21-,22+. The molecule has 2 aromatic carbocycles. The van der Waals surface area contributed by atoms with Crippen LogP contribution in [0.4, 0.5) is 0 Å². The van der Waals surface area contributed by atoms with E-state index < -0.39 is 0 Å². The van der Waals surface area contributed by atoms with E-state index in [0.29, 0.717) is 29.2 Å². The summed E-state index contributed by atoms with van der Waals surface area (Å²) in [4.78, 5) is 30.5. The summed E-state index contributed by atoms with van der Waals surface area (Å²) < 4.78 is 0. The Morgan fingerprint density at radius 1 is 0.758 bits per heavy atom. The van der Waals surface area contributed by atoms with Gasteiger partial charge < -0.3 is 9.80 Å². The molecule has 0 bridgehead atoms. The molecule has 2 unspecified atom stereocenters. The van der Waals surface area contributed by atoms with Gasteiger partial charge in [-0.2, -0.15) is 0 Å². The molecular formula is C26H27N5O2. The van der Waals surface area contributed by atoms with Crippen LogP contribution in [-0.2, 0) is 12.8 Å². The first-order valence-corrected chi connectivity index (χ1v) is 12.2. The number of aromatic nitrogens is 3. The van der Waals surface area contributed by atoms with Crippen molar-refractivity contribution in [3.05, 3.63) is 58.7 Å². The van der Waals surface area contributed by atoms with Gasteiger partial charge in [0.1, 0.15) is 5.52 Å². The summed E-state index contributed by atoms with van der Waals surface area (Å²) in [5.74, 6) is 2.32. The van der Waals surface area contributed by atoms with E-state index in [0.717, 1.165) is 55.6 Å². The van der Waals surface area contributed by atoms with Crippen LogP contribution < -0.4 is 0 Å². The fourth-order valence-electron chi connectivity index (χ4n) is 6.91. The Kier molecular flexibility index (Phi) is 4.17. The van der Waals surface area contributed by atoms with Gasteiger partial charge in [-0.1, -0.05) is 11.3 Å². The topological polar surface area (TPSA) is 82.2 Å². The highest BCUT2D eigenvalue weighted by molar-refractivity contribution is 5.97. The molecule has 0 spiro atoms. The maximum absolute atomic E-state index is 13.3. The van der Waals surface area contributed by atoms with Crippen molar-refractivity contribution in [2.45, 2.75) is 25.7 Å². The Bertz CT molecular complexity index is 1260. The van der Waals surface area contributed by atoms with Gasteiger partial charge in [0, 0.05) is 37.3 Å². The van der Waals surface area contributed by atoms with E-state index in [1.165, 1.54) is 24.0 Å².